The van der Waals surface area contributed by atoms with Crippen LogP contribution in [0.4, 0.5) is 0 Å². The molecule has 8 nitrogen and oxygen atoms in total. The van der Waals surface area contributed by atoms with E-state index in [0.717, 1.165) is 43.0 Å². The van der Waals surface area contributed by atoms with Crippen molar-refractivity contribution < 1.29 is 23.0 Å². The number of benzene rings is 1. The maximum atomic E-state index is 11.9. The van der Waals surface area contributed by atoms with E-state index < -0.39 is 9.84 Å². The first-order valence-electron chi connectivity index (χ1n) is 8.52. The predicted molar refractivity (Wildman–Crippen MR) is 101 cm³/mol. The van der Waals surface area contributed by atoms with Gasteiger partial charge in [-0.15, -0.1) is 5.10 Å². The fraction of sp³-hybridized carbons (Fsp3) is 0.529. The summed E-state index contributed by atoms with van der Waals surface area (Å²) in [6, 6.07) is 3.60. The van der Waals surface area contributed by atoms with Gasteiger partial charge in [0.2, 0.25) is 5.75 Å². The summed E-state index contributed by atoms with van der Waals surface area (Å²) in [5, 5.41) is 14.1. The minimum Gasteiger partial charge on any atom is -0.502 e. The highest BCUT2D eigenvalue weighted by Gasteiger charge is 2.29. The molecule has 1 saturated heterocycles. The number of phenols is 1. The molecule has 3 rings (SSSR count). The van der Waals surface area contributed by atoms with E-state index in [-0.39, 0.29) is 15.9 Å². The van der Waals surface area contributed by atoms with Crippen molar-refractivity contribution >= 4 is 21.4 Å². The molecule has 0 aliphatic carbocycles. The average molecular weight is 414 g/mol. The lowest BCUT2D eigenvalue weighted by Crippen LogP contribution is -2.32. The zero-order chi connectivity index (χ0) is 19.6. The summed E-state index contributed by atoms with van der Waals surface area (Å²) in [6.45, 7) is 2.32. The summed E-state index contributed by atoms with van der Waals surface area (Å²) in [5.74, 6) is 0.858. The molecule has 1 N–H and O–H groups in total. The van der Waals surface area contributed by atoms with Gasteiger partial charge in [0.05, 0.1) is 19.9 Å². The molecular weight excluding hydrogens is 390 g/mol. The summed E-state index contributed by atoms with van der Waals surface area (Å²) in [5.41, 5.74) is 1.59. The predicted octanol–water partition coefficient (Wildman–Crippen LogP) is 2.04. The number of rotatable bonds is 6. The van der Waals surface area contributed by atoms with E-state index in [1.165, 1.54) is 20.5 Å². The molecule has 148 valence electrons. The molecule has 2 aromatic rings. The number of likely N-dealkylation sites (tertiary alicyclic amines) is 1. The van der Waals surface area contributed by atoms with Gasteiger partial charge in [-0.3, -0.25) is 4.90 Å². The molecule has 0 atom stereocenters. The molecule has 1 aromatic heterocycles. The number of phenolic OH excluding ortho intramolecular Hbond substituents is 1. The highest BCUT2D eigenvalue weighted by atomic mass is 32.2. The largest absolute Gasteiger partial charge is 0.502 e. The number of aromatic nitrogens is 2. The van der Waals surface area contributed by atoms with E-state index in [9.17, 15) is 13.5 Å². The Labute approximate surface area is 162 Å². The van der Waals surface area contributed by atoms with Crippen molar-refractivity contribution in [3.63, 3.8) is 0 Å². The molecule has 0 amide bonds. The molecule has 1 aliphatic rings. The molecule has 2 heterocycles. The van der Waals surface area contributed by atoms with Crippen LogP contribution < -0.4 is 9.47 Å². The summed E-state index contributed by atoms with van der Waals surface area (Å²) in [6.07, 6.45) is 2.84. The normalized spacial score (nSPS) is 16.4. The van der Waals surface area contributed by atoms with Crippen molar-refractivity contribution in [2.75, 3.05) is 33.6 Å². The van der Waals surface area contributed by atoms with Crippen LogP contribution in [0.1, 0.15) is 30.0 Å². The fourth-order valence-corrected chi connectivity index (χ4v) is 5.09. The molecule has 0 spiro atoms. The van der Waals surface area contributed by atoms with E-state index in [4.69, 9.17) is 9.47 Å². The first-order chi connectivity index (χ1) is 12.8. The Balaban J connectivity index is 1.68. The molecule has 0 unspecified atom stereocenters. The third kappa shape index (κ3) is 4.33. The monoisotopic (exact) mass is 413 g/mol. The van der Waals surface area contributed by atoms with Crippen molar-refractivity contribution in [1.29, 1.82) is 0 Å². The van der Waals surface area contributed by atoms with Crippen LogP contribution in [0.3, 0.4) is 0 Å². The summed E-state index contributed by atoms with van der Waals surface area (Å²) >= 11 is 0.949. The molecule has 0 bridgehead atoms. The van der Waals surface area contributed by atoms with Gasteiger partial charge in [0.25, 0.3) is 0 Å². The first kappa shape index (κ1) is 19.8. The standard InChI is InChI=1S/C17H23N3O5S2/c1-24-13-8-11(9-14(25-2)16(13)21)10-20-6-4-12(5-7-20)15-17(26-19-18-15)27(3,22)23/h8-9,12,21H,4-7,10H2,1-3H3. The van der Waals surface area contributed by atoms with Gasteiger partial charge < -0.3 is 14.6 Å². The second-order valence-electron chi connectivity index (χ2n) is 6.62. The van der Waals surface area contributed by atoms with Gasteiger partial charge in [-0.1, -0.05) is 4.49 Å². The SMILES string of the molecule is COc1cc(CN2CCC(c3nnsc3S(C)(=O)=O)CC2)cc(OC)c1O. The number of nitrogens with zero attached hydrogens (tertiary/aromatic N) is 3. The summed E-state index contributed by atoms with van der Waals surface area (Å²) in [4.78, 5) is 2.28. The van der Waals surface area contributed by atoms with Gasteiger partial charge in [-0.2, -0.15) is 0 Å². The van der Waals surface area contributed by atoms with Crippen molar-refractivity contribution in [3.05, 3.63) is 23.4 Å². The highest BCUT2D eigenvalue weighted by Crippen LogP contribution is 2.38. The Bertz CT molecular complexity index is 880. The number of hydrogen-bond donors (Lipinski definition) is 1. The molecular formula is C17H23N3O5S2. The van der Waals surface area contributed by atoms with Crippen molar-refractivity contribution in [3.8, 4) is 17.2 Å². The Morgan fingerprint density at radius 3 is 2.33 bits per heavy atom. The minimum absolute atomic E-state index is 0.00760. The number of piperidine rings is 1. The molecule has 1 aromatic carbocycles. The molecule has 1 aliphatic heterocycles. The second-order valence-corrected chi connectivity index (χ2v) is 9.58. The van der Waals surface area contributed by atoms with E-state index in [1.54, 1.807) is 12.1 Å². The van der Waals surface area contributed by atoms with Gasteiger partial charge in [0.1, 0.15) is 0 Å². The van der Waals surface area contributed by atoms with Crippen LogP contribution in [0.5, 0.6) is 17.2 Å². The molecule has 0 radical (unpaired) electrons. The Kier molecular flexibility index (Phi) is 5.87. The van der Waals surface area contributed by atoms with Crippen molar-refractivity contribution in [2.24, 2.45) is 0 Å². The number of sulfone groups is 1. The Hall–Kier alpha value is -1.91. The molecule has 1 fully saturated rings. The topological polar surface area (TPSA) is 102 Å². The summed E-state index contributed by atoms with van der Waals surface area (Å²) < 4.78 is 38.3. The number of aromatic hydroxyl groups is 1. The zero-order valence-corrected chi connectivity index (χ0v) is 17.1. The van der Waals surface area contributed by atoms with Crippen LogP contribution >= 0.6 is 11.5 Å². The van der Waals surface area contributed by atoms with Gasteiger partial charge in [-0.05, 0) is 43.6 Å². The number of ether oxygens (including phenoxy) is 2. The van der Waals surface area contributed by atoms with Crippen LogP contribution in [0.15, 0.2) is 16.3 Å². The fourth-order valence-electron chi connectivity index (χ4n) is 3.36. The van der Waals surface area contributed by atoms with E-state index in [2.05, 4.69) is 14.5 Å². The lowest BCUT2D eigenvalue weighted by molar-refractivity contribution is 0.202. The van der Waals surface area contributed by atoms with E-state index in [1.807, 2.05) is 0 Å². The zero-order valence-electron chi connectivity index (χ0n) is 15.5. The molecule has 0 saturated carbocycles. The van der Waals surface area contributed by atoms with Crippen LogP contribution in [0.25, 0.3) is 0 Å². The van der Waals surface area contributed by atoms with Crippen molar-refractivity contribution in [1.82, 2.24) is 14.5 Å². The number of hydrogen-bond acceptors (Lipinski definition) is 9. The second kappa shape index (κ2) is 7.99. The summed E-state index contributed by atoms with van der Waals surface area (Å²) in [7, 11) is -0.283. The van der Waals surface area contributed by atoms with Gasteiger partial charge >= 0.3 is 0 Å². The lowest BCUT2D eigenvalue weighted by atomic mass is 9.94. The molecule has 10 heteroatoms. The molecule has 27 heavy (non-hydrogen) atoms. The third-order valence-electron chi connectivity index (χ3n) is 4.74. The van der Waals surface area contributed by atoms with Crippen LogP contribution in [-0.2, 0) is 16.4 Å². The van der Waals surface area contributed by atoms with Crippen LogP contribution in [-0.4, -0.2) is 61.6 Å². The highest BCUT2D eigenvalue weighted by molar-refractivity contribution is 7.92. The van der Waals surface area contributed by atoms with Crippen molar-refractivity contribution in [2.45, 2.75) is 29.5 Å². The minimum atomic E-state index is -3.29. The Morgan fingerprint density at radius 2 is 1.81 bits per heavy atom. The Morgan fingerprint density at radius 1 is 1.22 bits per heavy atom. The number of methoxy groups -OCH3 is 2. The van der Waals surface area contributed by atoms with Gasteiger partial charge in [-0.25, -0.2) is 8.42 Å². The van der Waals surface area contributed by atoms with E-state index >= 15 is 0 Å². The maximum absolute atomic E-state index is 11.9. The average Bonchev–Trinajstić information content (AvgIpc) is 3.14. The third-order valence-corrected chi connectivity index (χ3v) is 7.29. The van der Waals surface area contributed by atoms with Gasteiger partial charge in [0, 0.05) is 30.3 Å². The van der Waals surface area contributed by atoms with Gasteiger partial charge in [0.15, 0.2) is 25.5 Å². The van der Waals surface area contributed by atoms with Crippen LogP contribution in [0.2, 0.25) is 0 Å². The lowest BCUT2D eigenvalue weighted by Gasteiger charge is -2.31. The smallest absolute Gasteiger partial charge is 0.200 e. The van der Waals surface area contributed by atoms with E-state index in [0.29, 0.717) is 23.7 Å². The maximum Gasteiger partial charge on any atom is 0.200 e. The quantitative estimate of drug-likeness (QED) is 0.768. The first-order valence-corrected chi connectivity index (χ1v) is 11.2. The van der Waals surface area contributed by atoms with Crippen LogP contribution in [0, 0.1) is 0 Å².